The number of benzene rings is 3. The molecule has 2 amide bonds. The third kappa shape index (κ3) is 5.11. The smallest absolute Gasteiger partial charge is 0.265 e. The van der Waals surface area contributed by atoms with Crippen LogP contribution in [0.1, 0.15) is 17.3 Å². The van der Waals surface area contributed by atoms with Crippen molar-refractivity contribution in [2.45, 2.75) is 13.0 Å². The van der Waals surface area contributed by atoms with Gasteiger partial charge in [-0.1, -0.05) is 41.9 Å². The van der Waals surface area contributed by atoms with Crippen molar-refractivity contribution >= 4 is 34.8 Å². The average molecular weight is 395 g/mol. The van der Waals surface area contributed by atoms with Crippen LogP contribution >= 0.6 is 11.6 Å². The lowest BCUT2D eigenvalue weighted by Gasteiger charge is -2.16. The topological polar surface area (TPSA) is 67.4 Å². The van der Waals surface area contributed by atoms with E-state index >= 15 is 0 Å². The van der Waals surface area contributed by atoms with E-state index in [4.69, 9.17) is 16.3 Å². The molecule has 0 aromatic heterocycles. The normalized spacial score (nSPS) is 11.4. The van der Waals surface area contributed by atoms with E-state index in [1.54, 1.807) is 67.6 Å². The van der Waals surface area contributed by atoms with Crippen LogP contribution in [0.4, 0.5) is 11.4 Å². The van der Waals surface area contributed by atoms with Gasteiger partial charge in [0.05, 0.1) is 11.3 Å². The summed E-state index contributed by atoms with van der Waals surface area (Å²) in [6.07, 6.45) is -0.758. The van der Waals surface area contributed by atoms with Gasteiger partial charge in [-0.05, 0) is 55.5 Å². The summed E-state index contributed by atoms with van der Waals surface area (Å²) in [5.41, 5.74) is 1.44. The molecule has 6 heteroatoms. The SMILES string of the molecule is CC(Oc1ccc(Cl)cc1)C(=O)Nc1ccccc1C(=O)Nc1ccccc1. The molecule has 0 saturated carbocycles. The van der Waals surface area contributed by atoms with Crippen molar-refractivity contribution in [1.29, 1.82) is 0 Å². The highest BCUT2D eigenvalue weighted by Gasteiger charge is 2.18. The number of amides is 2. The molecule has 0 radical (unpaired) electrons. The second kappa shape index (κ2) is 9.06. The highest BCUT2D eigenvalue weighted by Crippen LogP contribution is 2.20. The lowest BCUT2D eigenvalue weighted by atomic mass is 10.1. The molecule has 0 bridgehead atoms. The van der Waals surface area contributed by atoms with Crippen molar-refractivity contribution in [1.82, 2.24) is 0 Å². The Morgan fingerprint density at radius 2 is 1.50 bits per heavy atom. The molecule has 3 aromatic carbocycles. The molecule has 0 fully saturated rings. The van der Waals surface area contributed by atoms with Crippen molar-refractivity contribution in [3.8, 4) is 5.75 Å². The second-order valence-corrected chi connectivity index (χ2v) is 6.51. The van der Waals surface area contributed by atoms with Crippen LogP contribution in [-0.2, 0) is 4.79 Å². The maximum atomic E-state index is 12.6. The first-order valence-electron chi connectivity index (χ1n) is 8.71. The molecule has 1 atom stereocenters. The number of para-hydroxylation sites is 2. The van der Waals surface area contributed by atoms with Gasteiger partial charge >= 0.3 is 0 Å². The van der Waals surface area contributed by atoms with E-state index in [0.717, 1.165) is 0 Å². The van der Waals surface area contributed by atoms with Crippen LogP contribution in [0, 0.1) is 0 Å². The van der Waals surface area contributed by atoms with Gasteiger partial charge in [0.15, 0.2) is 6.10 Å². The number of hydrogen-bond donors (Lipinski definition) is 2. The summed E-state index contributed by atoms with van der Waals surface area (Å²) in [7, 11) is 0. The van der Waals surface area contributed by atoms with Gasteiger partial charge in [0.25, 0.3) is 11.8 Å². The zero-order valence-corrected chi connectivity index (χ0v) is 15.9. The molecule has 3 aromatic rings. The average Bonchev–Trinajstić information content (AvgIpc) is 2.70. The Labute approximate surface area is 168 Å². The van der Waals surface area contributed by atoms with Crippen LogP contribution in [0.5, 0.6) is 5.75 Å². The number of carbonyl (C=O) groups is 2. The van der Waals surface area contributed by atoms with Crippen molar-refractivity contribution in [2.24, 2.45) is 0 Å². The van der Waals surface area contributed by atoms with Gasteiger partial charge in [0, 0.05) is 10.7 Å². The van der Waals surface area contributed by atoms with E-state index in [-0.39, 0.29) is 11.8 Å². The molecule has 142 valence electrons. The van der Waals surface area contributed by atoms with Crippen molar-refractivity contribution in [2.75, 3.05) is 10.6 Å². The quantitative estimate of drug-likeness (QED) is 0.618. The fourth-order valence-corrected chi connectivity index (χ4v) is 2.64. The molecule has 0 aliphatic carbocycles. The molecular weight excluding hydrogens is 376 g/mol. The molecule has 1 unspecified atom stereocenters. The number of hydrogen-bond acceptors (Lipinski definition) is 3. The van der Waals surface area contributed by atoms with Crippen LogP contribution in [-0.4, -0.2) is 17.9 Å². The van der Waals surface area contributed by atoms with E-state index in [1.165, 1.54) is 0 Å². The third-order valence-electron chi connectivity index (χ3n) is 3.96. The zero-order valence-electron chi connectivity index (χ0n) is 15.2. The number of nitrogens with one attached hydrogen (secondary N) is 2. The molecule has 0 aliphatic rings. The highest BCUT2D eigenvalue weighted by molar-refractivity contribution is 6.30. The number of halogens is 1. The minimum absolute atomic E-state index is 0.312. The van der Waals surface area contributed by atoms with Gasteiger partial charge in [-0.2, -0.15) is 0 Å². The van der Waals surface area contributed by atoms with E-state index < -0.39 is 6.10 Å². The number of rotatable bonds is 6. The molecule has 0 aliphatic heterocycles. The van der Waals surface area contributed by atoms with Crippen molar-refractivity contribution < 1.29 is 14.3 Å². The number of ether oxygens (including phenoxy) is 1. The van der Waals surface area contributed by atoms with Gasteiger partial charge in [-0.3, -0.25) is 9.59 Å². The Balaban J connectivity index is 1.69. The molecule has 2 N–H and O–H groups in total. The predicted molar refractivity (Wildman–Crippen MR) is 111 cm³/mol. The molecule has 28 heavy (non-hydrogen) atoms. The van der Waals surface area contributed by atoms with Crippen molar-refractivity contribution in [3.05, 3.63) is 89.4 Å². The summed E-state index contributed by atoms with van der Waals surface area (Å²) >= 11 is 5.85. The number of carbonyl (C=O) groups excluding carboxylic acids is 2. The Hall–Kier alpha value is -3.31. The summed E-state index contributed by atoms with van der Waals surface area (Å²) in [6, 6.07) is 22.7. The summed E-state index contributed by atoms with van der Waals surface area (Å²) in [4.78, 5) is 25.1. The van der Waals surface area contributed by atoms with Crippen LogP contribution in [0.3, 0.4) is 0 Å². The van der Waals surface area contributed by atoms with Gasteiger partial charge in [-0.25, -0.2) is 0 Å². The van der Waals surface area contributed by atoms with Crippen molar-refractivity contribution in [3.63, 3.8) is 0 Å². The Morgan fingerprint density at radius 1 is 0.857 bits per heavy atom. The lowest BCUT2D eigenvalue weighted by molar-refractivity contribution is -0.122. The van der Waals surface area contributed by atoms with Gasteiger partial charge < -0.3 is 15.4 Å². The van der Waals surface area contributed by atoms with Crippen LogP contribution in [0.2, 0.25) is 5.02 Å². The third-order valence-corrected chi connectivity index (χ3v) is 4.21. The Kier molecular flexibility index (Phi) is 6.29. The molecule has 0 heterocycles. The monoisotopic (exact) mass is 394 g/mol. The minimum Gasteiger partial charge on any atom is -0.481 e. The standard InChI is InChI=1S/C22H19ClN2O3/c1-15(28-18-13-11-16(23)12-14-18)21(26)25-20-10-6-5-9-19(20)22(27)24-17-7-3-2-4-8-17/h2-15H,1H3,(H,24,27)(H,25,26). The maximum Gasteiger partial charge on any atom is 0.265 e. The van der Waals surface area contributed by atoms with E-state index in [9.17, 15) is 9.59 Å². The molecule has 0 spiro atoms. The van der Waals surface area contributed by atoms with Gasteiger partial charge in [0.2, 0.25) is 0 Å². The lowest BCUT2D eigenvalue weighted by Crippen LogP contribution is -2.31. The van der Waals surface area contributed by atoms with Crippen LogP contribution in [0.15, 0.2) is 78.9 Å². The Morgan fingerprint density at radius 3 is 2.21 bits per heavy atom. The van der Waals surface area contributed by atoms with Gasteiger partial charge in [0.1, 0.15) is 5.75 Å². The molecule has 3 rings (SSSR count). The van der Waals surface area contributed by atoms with Crippen LogP contribution in [0.25, 0.3) is 0 Å². The molecular formula is C22H19ClN2O3. The predicted octanol–water partition coefficient (Wildman–Crippen LogP) is 5.00. The first-order valence-corrected chi connectivity index (χ1v) is 9.09. The summed E-state index contributed by atoms with van der Waals surface area (Å²) < 4.78 is 5.63. The van der Waals surface area contributed by atoms with Gasteiger partial charge in [-0.15, -0.1) is 0 Å². The number of anilines is 2. The minimum atomic E-state index is -0.758. The largest absolute Gasteiger partial charge is 0.481 e. The summed E-state index contributed by atoms with van der Waals surface area (Å²) in [5, 5.41) is 6.16. The van der Waals surface area contributed by atoms with Crippen LogP contribution < -0.4 is 15.4 Å². The van der Waals surface area contributed by atoms with E-state index in [2.05, 4.69) is 10.6 Å². The first kappa shape index (κ1) is 19.5. The fourth-order valence-electron chi connectivity index (χ4n) is 2.52. The molecule has 5 nitrogen and oxygen atoms in total. The second-order valence-electron chi connectivity index (χ2n) is 6.07. The summed E-state index contributed by atoms with van der Waals surface area (Å²) in [5.74, 6) is -0.148. The van der Waals surface area contributed by atoms with E-state index in [0.29, 0.717) is 27.7 Å². The zero-order chi connectivity index (χ0) is 19.9. The Bertz CT molecular complexity index is 959. The first-order chi connectivity index (χ1) is 13.5. The molecule has 0 saturated heterocycles. The fraction of sp³-hybridized carbons (Fsp3) is 0.0909. The van der Waals surface area contributed by atoms with E-state index in [1.807, 2.05) is 18.2 Å². The summed E-state index contributed by atoms with van der Waals surface area (Å²) in [6.45, 7) is 1.64. The highest BCUT2D eigenvalue weighted by atomic mass is 35.5. The maximum absolute atomic E-state index is 12.6.